The van der Waals surface area contributed by atoms with Gasteiger partial charge in [-0.05, 0) is 54.4 Å². The van der Waals surface area contributed by atoms with Crippen molar-refractivity contribution < 1.29 is 4.79 Å². The highest BCUT2D eigenvalue weighted by molar-refractivity contribution is 5.76. The predicted octanol–water partition coefficient (Wildman–Crippen LogP) is 3.10. The van der Waals surface area contributed by atoms with Crippen LogP contribution in [0.4, 0.5) is 4.79 Å². The molecule has 2 amide bonds. The number of carbonyl (C=O) groups excluding carboxylic acids is 1. The highest BCUT2D eigenvalue weighted by Gasteiger charge is 2.36. The van der Waals surface area contributed by atoms with E-state index in [1.54, 1.807) is 0 Å². The molecule has 0 saturated carbocycles. The van der Waals surface area contributed by atoms with Crippen LogP contribution in [0.1, 0.15) is 54.4 Å². The molecular weight excluding hydrogens is 200 g/mol. The van der Waals surface area contributed by atoms with Crippen molar-refractivity contribution in [1.29, 1.82) is 0 Å². The van der Waals surface area contributed by atoms with Gasteiger partial charge in [-0.3, -0.25) is 0 Å². The summed E-state index contributed by atoms with van der Waals surface area (Å²) in [6, 6.07) is 0.192. The molecule has 3 heteroatoms. The molecule has 0 aromatic carbocycles. The first-order valence-electron chi connectivity index (χ1n) is 6.23. The molecule has 1 heterocycles. The molecule has 3 nitrogen and oxygen atoms in total. The fraction of sp³-hybridized carbons (Fsp3) is 0.923. The highest BCUT2D eigenvalue weighted by Crippen LogP contribution is 2.24. The summed E-state index contributed by atoms with van der Waals surface area (Å²) in [5.41, 5.74) is -0.157. The first kappa shape index (κ1) is 13.3. The van der Waals surface area contributed by atoms with Gasteiger partial charge in [0.15, 0.2) is 0 Å². The standard InChI is InChI=1S/C13H26N2O/c1-12(2,3)14-9-7-8-10-15(11(14)16)13(4,5)6/h7-10H2,1-6H3. The molecule has 0 atom stereocenters. The topological polar surface area (TPSA) is 23.6 Å². The van der Waals surface area contributed by atoms with E-state index in [9.17, 15) is 4.79 Å². The maximum atomic E-state index is 12.5. The molecular formula is C13H26N2O. The van der Waals surface area contributed by atoms with Crippen LogP contribution in [0, 0.1) is 0 Å². The molecule has 0 aliphatic carbocycles. The number of amides is 2. The second kappa shape index (κ2) is 4.27. The number of urea groups is 1. The number of rotatable bonds is 0. The zero-order valence-electron chi connectivity index (χ0n) is 11.6. The van der Waals surface area contributed by atoms with E-state index in [0.717, 1.165) is 25.9 Å². The van der Waals surface area contributed by atoms with Gasteiger partial charge in [0.25, 0.3) is 0 Å². The first-order chi connectivity index (χ1) is 7.14. The molecule has 0 aromatic heterocycles. The van der Waals surface area contributed by atoms with E-state index in [1.807, 2.05) is 9.80 Å². The predicted molar refractivity (Wildman–Crippen MR) is 67.5 cm³/mol. The number of hydrogen-bond acceptors (Lipinski definition) is 1. The molecule has 1 aliphatic heterocycles. The van der Waals surface area contributed by atoms with Crippen LogP contribution in [0.25, 0.3) is 0 Å². The van der Waals surface area contributed by atoms with E-state index < -0.39 is 0 Å². The van der Waals surface area contributed by atoms with E-state index in [-0.39, 0.29) is 17.1 Å². The summed E-state index contributed by atoms with van der Waals surface area (Å²) in [6.07, 6.45) is 2.21. The molecule has 94 valence electrons. The normalized spacial score (nSPS) is 20.0. The third-order valence-electron chi connectivity index (χ3n) is 3.09. The van der Waals surface area contributed by atoms with Crippen LogP contribution in [0.5, 0.6) is 0 Å². The van der Waals surface area contributed by atoms with Gasteiger partial charge in [-0.15, -0.1) is 0 Å². The lowest BCUT2D eigenvalue weighted by molar-refractivity contribution is 0.0903. The Balaban J connectivity index is 2.94. The Morgan fingerprint density at radius 2 is 1.12 bits per heavy atom. The van der Waals surface area contributed by atoms with Crippen LogP contribution in [-0.4, -0.2) is 40.0 Å². The monoisotopic (exact) mass is 226 g/mol. The Kier molecular flexibility index (Phi) is 3.56. The molecule has 0 N–H and O–H groups in total. The van der Waals surface area contributed by atoms with Gasteiger partial charge in [0.2, 0.25) is 0 Å². The summed E-state index contributed by atoms with van der Waals surface area (Å²) in [6.45, 7) is 14.4. The second-order valence-corrected chi connectivity index (χ2v) is 6.63. The van der Waals surface area contributed by atoms with E-state index in [1.165, 1.54) is 0 Å². The SMILES string of the molecule is CC(C)(C)N1CCCCN(C(C)(C)C)C1=O. The minimum Gasteiger partial charge on any atom is -0.320 e. The van der Waals surface area contributed by atoms with Crippen LogP contribution in [-0.2, 0) is 0 Å². The van der Waals surface area contributed by atoms with E-state index >= 15 is 0 Å². The van der Waals surface area contributed by atoms with Crippen molar-refractivity contribution in [2.24, 2.45) is 0 Å². The Labute approximate surface area is 99.8 Å². The van der Waals surface area contributed by atoms with E-state index in [0.29, 0.717) is 0 Å². The zero-order valence-corrected chi connectivity index (χ0v) is 11.6. The van der Waals surface area contributed by atoms with Crippen molar-refractivity contribution in [1.82, 2.24) is 9.80 Å². The van der Waals surface area contributed by atoms with Crippen molar-refractivity contribution in [3.8, 4) is 0 Å². The van der Waals surface area contributed by atoms with Crippen molar-refractivity contribution in [2.45, 2.75) is 65.5 Å². The van der Waals surface area contributed by atoms with Crippen LogP contribution in [0.15, 0.2) is 0 Å². The lowest BCUT2D eigenvalue weighted by Gasteiger charge is -2.42. The Morgan fingerprint density at radius 1 is 0.812 bits per heavy atom. The molecule has 1 fully saturated rings. The van der Waals surface area contributed by atoms with Crippen molar-refractivity contribution in [3.05, 3.63) is 0 Å². The highest BCUT2D eigenvalue weighted by atomic mass is 16.2. The van der Waals surface area contributed by atoms with Gasteiger partial charge in [-0.1, -0.05) is 0 Å². The fourth-order valence-corrected chi connectivity index (χ4v) is 2.12. The number of nitrogens with zero attached hydrogens (tertiary/aromatic N) is 2. The van der Waals surface area contributed by atoms with Gasteiger partial charge in [0, 0.05) is 24.2 Å². The number of hydrogen-bond donors (Lipinski definition) is 0. The van der Waals surface area contributed by atoms with Crippen LogP contribution in [0.3, 0.4) is 0 Å². The minimum absolute atomic E-state index is 0.0784. The Hall–Kier alpha value is -0.730. The average Bonchev–Trinajstić information content (AvgIpc) is 2.23. The maximum absolute atomic E-state index is 12.5. The van der Waals surface area contributed by atoms with Crippen molar-refractivity contribution in [2.75, 3.05) is 13.1 Å². The summed E-state index contributed by atoms with van der Waals surface area (Å²) in [5.74, 6) is 0. The van der Waals surface area contributed by atoms with Crippen LogP contribution >= 0.6 is 0 Å². The Bertz CT molecular complexity index is 234. The lowest BCUT2D eigenvalue weighted by atomic mass is 10.0. The first-order valence-corrected chi connectivity index (χ1v) is 6.23. The smallest absolute Gasteiger partial charge is 0.320 e. The minimum atomic E-state index is -0.0784. The molecule has 0 aromatic rings. The molecule has 16 heavy (non-hydrogen) atoms. The quantitative estimate of drug-likeness (QED) is 0.622. The van der Waals surface area contributed by atoms with Crippen molar-refractivity contribution in [3.63, 3.8) is 0 Å². The maximum Gasteiger partial charge on any atom is 0.320 e. The third-order valence-corrected chi connectivity index (χ3v) is 3.09. The van der Waals surface area contributed by atoms with Crippen LogP contribution in [0.2, 0.25) is 0 Å². The molecule has 1 rings (SSSR count). The molecule has 1 saturated heterocycles. The van der Waals surface area contributed by atoms with Crippen LogP contribution < -0.4 is 0 Å². The summed E-state index contributed by atoms with van der Waals surface area (Å²) in [4.78, 5) is 16.5. The lowest BCUT2D eigenvalue weighted by Crippen LogP contribution is -2.55. The van der Waals surface area contributed by atoms with Gasteiger partial charge >= 0.3 is 6.03 Å². The van der Waals surface area contributed by atoms with E-state index in [2.05, 4.69) is 41.5 Å². The zero-order chi connectivity index (χ0) is 12.6. The van der Waals surface area contributed by atoms with Gasteiger partial charge < -0.3 is 9.80 Å². The summed E-state index contributed by atoms with van der Waals surface area (Å²) >= 11 is 0. The van der Waals surface area contributed by atoms with Crippen molar-refractivity contribution >= 4 is 6.03 Å². The molecule has 0 spiro atoms. The fourth-order valence-electron chi connectivity index (χ4n) is 2.12. The van der Waals surface area contributed by atoms with Gasteiger partial charge in [-0.25, -0.2) is 4.79 Å². The molecule has 1 aliphatic rings. The largest absolute Gasteiger partial charge is 0.320 e. The third kappa shape index (κ3) is 2.89. The van der Waals surface area contributed by atoms with E-state index in [4.69, 9.17) is 0 Å². The average molecular weight is 226 g/mol. The number of carbonyl (C=O) groups is 1. The van der Waals surface area contributed by atoms with Gasteiger partial charge in [-0.2, -0.15) is 0 Å². The molecule has 0 unspecified atom stereocenters. The van der Waals surface area contributed by atoms with Gasteiger partial charge in [0.05, 0.1) is 0 Å². The summed E-state index contributed by atoms with van der Waals surface area (Å²) in [7, 11) is 0. The van der Waals surface area contributed by atoms with Gasteiger partial charge in [0.1, 0.15) is 0 Å². The Morgan fingerprint density at radius 3 is 1.38 bits per heavy atom. The molecule has 0 bridgehead atoms. The molecule has 0 radical (unpaired) electrons. The summed E-state index contributed by atoms with van der Waals surface area (Å²) < 4.78 is 0. The second-order valence-electron chi connectivity index (χ2n) is 6.63. The summed E-state index contributed by atoms with van der Waals surface area (Å²) in [5, 5.41) is 0.